The van der Waals surface area contributed by atoms with Crippen LogP contribution in [0.25, 0.3) is 0 Å². The van der Waals surface area contributed by atoms with Gasteiger partial charge in [-0.2, -0.15) is 13.2 Å². The summed E-state index contributed by atoms with van der Waals surface area (Å²) in [4.78, 5) is 16.7. The highest BCUT2D eigenvalue weighted by Crippen LogP contribution is 2.34. The molecular weight excluding hydrogens is 241 g/mol. The molecule has 1 aliphatic rings. The molecule has 1 saturated carbocycles. The van der Waals surface area contributed by atoms with Crippen LogP contribution in [0.4, 0.5) is 13.2 Å². The minimum Gasteiger partial charge on any atom is -0.301 e. The van der Waals surface area contributed by atoms with Gasteiger partial charge >= 0.3 is 6.18 Å². The molecule has 0 amide bonds. The number of halogens is 3. The molecule has 7 heteroatoms. The number of rotatable bonds is 3. The van der Waals surface area contributed by atoms with Crippen LogP contribution in [0.1, 0.15) is 18.5 Å². The topological polar surface area (TPSA) is 45.8 Å². The van der Waals surface area contributed by atoms with Gasteiger partial charge in [0.25, 0.3) is 5.56 Å². The Balaban J connectivity index is 2.17. The Morgan fingerprint density at radius 3 is 2.75 bits per heavy atom. The van der Waals surface area contributed by atoms with Gasteiger partial charge in [0, 0.05) is 11.8 Å². The molecule has 1 aromatic rings. The molecule has 2 rings (SSSR count). The van der Waals surface area contributed by atoms with Crippen LogP contribution in [-0.4, -0.2) is 15.7 Å². The molecule has 1 N–H and O–H groups in total. The van der Waals surface area contributed by atoms with Crippen molar-refractivity contribution in [3.8, 4) is 0 Å². The summed E-state index contributed by atoms with van der Waals surface area (Å²) in [5.74, 6) is 1.27. The van der Waals surface area contributed by atoms with Crippen LogP contribution in [0.5, 0.6) is 0 Å². The summed E-state index contributed by atoms with van der Waals surface area (Å²) >= 11 is 1.17. The molecule has 0 aromatic carbocycles. The van der Waals surface area contributed by atoms with E-state index in [-0.39, 0.29) is 5.16 Å². The van der Waals surface area contributed by atoms with Gasteiger partial charge in [0.05, 0.1) is 0 Å². The molecule has 0 radical (unpaired) electrons. The number of aromatic nitrogens is 2. The van der Waals surface area contributed by atoms with Crippen molar-refractivity contribution in [1.29, 1.82) is 0 Å². The predicted octanol–water partition coefficient (Wildman–Crippen LogP) is 2.29. The third kappa shape index (κ3) is 3.01. The molecule has 1 aromatic heterocycles. The lowest BCUT2D eigenvalue weighted by Crippen LogP contribution is -2.16. The molecule has 0 saturated heterocycles. The van der Waals surface area contributed by atoms with Crippen molar-refractivity contribution in [2.45, 2.75) is 24.2 Å². The van der Waals surface area contributed by atoms with Gasteiger partial charge in [-0.25, -0.2) is 4.98 Å². The summed E-state index contributed by atoms with van der Waals surface area (Å²) in [5, 5.41) is 0.0479. The average molecular weight is 250 g/mol. The molecule has 0 aliphatic heterocycles. The maximum atomic E-state index is 12.3. The fourth-order valence-corrected chi connectivity index (χ4v) is 2.19. The van der Waals surface area contributed by atoms with Gasteiger partial charge in [0.15, 0.2) is 10.9 Å². The van der Waals surface area contributed by atoms with E-state index in [0.29, 0.717) is 17.7 Å². The number of thioether (sulfide) groups is 1. The number of nitrogens with one attached hydrogen (secondary N) is 1. The third-order valence-electron chi connectivity index (χ3n) is 2.16. The van der Waals surface area contributed by atoms with Crippen molar-refractivity contribution < 1.29 is 13.2 Å². The Kier molecular flexibility index (Phi) is 2.96. The molecule has 88 valence electrons. The minimum absolute atomic E-state index is 0.0479. The van der Waals surface area contributed by atoms with Crippen molar-refractivity contribution in [3.05, 3.63) is 22.1 Å². The number of H-pyrrole nitrogens is 1. The Morgan fingerprint density at radius 1 is 1.50 bits per heavy atom. The van der Waals surface area contributed by atoms with E-state index in [2.05, 4.69) is 9.97 Å². The normalized spacial score (nSPS) is 16.4. The van der Waals surface area contributed by atoms with Crippen LogP contribution < -0.4 is 5.56 Å². The van der Waals surface area contributed by atoms with Crippen LogP contribution in [0.15, 0.2) is 16.0 Å². The van der Waals surface area contributed by atoms with Gasteiger partial charge < -0.3 is 4.98 Å². The zero-order chi connectivity index (χ0) is 11.8. The molecule has 1 aliphatic carbocycles. The lowest BCUT2D eigenvalue weighted by atomic mass is 10.4. The van der Waals surface area contributed by atoms with Gasteiger partial charge in [0.2, 0.25) is 0 Å². The smallest absolute Gasteiger partial charge is 0.301 e. The number of aromatic amines is 1. The SMILES string of the molecule is O=c1cc(C(F)(F)F)nc(SCC2CC2)[nH]1. The van der Waals surface area contributed by atoms with Gasteiger partial charge in [0.1, 0.15) is 0 Å². The van der Waals surface area contributed by atoms with Gasteiger partial charge in [-0.1, -0.05) is 11.8 Å². The van der Waals surface area contributed by atoms with Crippen molar-refractivity contribution >= 4 is 11.8 Å². The first kappa shape index (κ1) is 11.5. The molecular formula is C9H9F3N2OS. The molecule has 0 atom stereocenters. The molecule has 0 bridgehead atoms. The van der Waals surface area contributed by atoms with Crippen LogP contribution >= 0.6 is 11.8 Å². The highest BCUT2D eigenvalue weighted by Gasteiger charge is 2.33. The van der Waals surface area contributed by atoms with E-state index in [0.717, 1.165) is 12.8 Å². The second-order valence-electron chi connectivity index (χ2n) is 3.69. The molecule has 3 nitrogen and oxygen atoms in total. The van der Waals surface area contributed by atoms with E-state index >= 15 is 0 Å². The van der Waals surface area contributed by atoms with E-state index in [9.17, 15) is 18.0 Å². The third-order valence-corrected chi connectivity index (χ3v) is 3.27. The first-order chi connectivity index (χ1) is 7.45. The van der Waals surface area contributed by atoms with Crippen molar-refractivity contribution in [2.75, 3.05) is 5.75 Å². The van der Waals surface area contributed by atoms with Crippen molar-refractivity contribution in [3.63, 3.8) is 0 Å². The quantitative estimate of drug-likeness (QED) is 0.661. The minimum atomic E-state index is -4.57. The summed E-state index contributed by atoms with van der Waals surface area (Å²) in [5.41, 5.74) is -1.89. The van der Waals surface area contributed by atoms with Crippen molar-refractivity contribution in [1.82, 2.24) is 9.97 Å². The lowest BCUT2D eigenvalue weighted by Gasteiger charge is -2.06. The number of alkyl halides is 3. The van der Waals surface area contributed by atoms with E-state index in [1.165, 1.54) is 11.8 Å². The monoisotopic (exact) mass is 250 g/mol. The summed E-state index contributed by atoms with van der Waals surface area (Å²) in [6.45, 7) is 0. The Morgan fingerprint density at radius 2 is 2.19 bits per heavy atom. The predicted molar refractivity (Wildman–Crippen MR) is 53.3 cm³/mol. The molecule has 1 fully saturated rings. The first-order valence-electron chi connectivity index (χ1n) is 4.76. The summed E-state index contributed by atoms with van der Waals surface area (Å²) in [7, 11) is 0. The van der Waals surface area contributed by atoms with Gasteiger partial charge in [-0.05, 0) is 18.8 Å². The number of hydrogen-bond acceptors (Lipinski definition) is 3. The van der Waals surface area contributed by atoms with Crippen LogP contribution in [-0.2, 0) is 6.18 Å². The summed E-state index contributed by atoms with van der Waals surface area (Å²) in [6, 6.07) is 0.473. The standard InChI is InChI=1S/C9H9F3N2OS/c10-9(11,12)6-3-7(15)14-8(13-6)16-4-5-1-2-5/h3,5H,1-2,4H2,(H,13,14,15). The van der Waals surface area contributed by atoms with E-state index in [4.69, 9.17) is 0 Å². The Labute approximate surface area is 93.5 Å². The fourth-order valence-electron chi connectivity index (χ4n) is 1.13. The second kappa shape index (κ2) is 4.12. The number of nitrogens with zero attached hydrogens (tertiary/aromatic N) is 1. The van der Waals surface area contributed by atoms with Gasteiger partial charge in [-0.15, -0.1) is 0 Å². The van der Waals surface area contributed by atoms with Crippen LogP contribution in [0, 0.1) is 5.92 Å². The maximum absolute atomic E-state index is 12.3. The van der Waals surface area contributed by atoms with Gasteiger partial charge in [-0.3, -0.25) is 4.79 Å². The zero-order valence-electron chi connectivity index (χ0n) is 8.17. The lowest BCUT2D eigenvalue weighted by molar-refractivity contribution is -0.141. The van der Waals surface area contributed by atoms with Crippen molar-refractivity contribution in [2.24, 2.45) is 5.92 Å². The van der Waals surface area contributed by atoms with E-state index in [1.54, 1.807) is 0 Å². The highest BCUT2D eigenvalue weighted by atomic mass is 32.2. The van der Waals surface area contributed by atoms with E-state index < -0.39 is 17.4 Å². The Hall–Kier alpha value is -0.980. The largest absolute Gasteiger partial charge is 0.433 e. The molecule has 0 unspecified atom stereocenters. The number of hydrogen-bond donors (Lipinski definition) is 1. The second-order valence-corrected chi connectivity index (χ2v) is 4.70. The molecule has 1 heterocycles. The molecule has 0 spiro atoms. The highest BCUT2D eigenvalue weighted by molar-refractivity contribution is 7.99. The Bertz CT molecular complexity index is 439. The first-order valence-corrected chi connectivity index (χ1v) is 5.75. The maximum Gasteiger partial charge on any atom is 0.433 e. The molecule has 16 heavy (non-hydrogen) atoms. The zero-order valence-corrected chi connectivity index (χ0v) is 8.99. The van der Waals surface area contributed by atoms with Crippen LogP contribution in [0.3, 0.4) is 0 Å². The average Bonchev–Trinajstić information content (AvgIpc) is 2.96. The fraction of sp³-hybridized carbons (Fsp3) is 0.556. The summed E-state index contributed by atoms with van der Waals surface area (Å²) in [6.07, 6.45) is -2.35. The van der Waals surface area contributed by atoms with E-state index in [1.807, 2.05) is 0 Å². The summed E-state index contributed by atoms with van der Waals surface area (Å²) < 4.78 is 37.0. The van der Waals surface area contributed by atoms with Crippen LogP contribution in [0.2, 0.25) is 0 Å².